The lowest BCUT2D eigenvalue weighted by Gasteiger charge is -2.13. The predicted molar refractivity (Wildman–Crippen MR) is 77.7 cm³/mol. The molecule has 112 valence electrons. The number of rotatable bonds is 9. The van der Waals surface area contributed by atoms with E-state index in [2.05, 4.69) is 12.1 Å². The first-order valence-electron chi connectivity index (χ1n) is 6.85. The van der Waals surface area contributed by atoms with Crippen molar-refractivity contribution in [1.82, 2.24) is 0 Å². The van der Waals surface area contributed by atoms with E-state index in [1.54, 1.807) is 31.2 Å². The number of aliphatic hydroxyl groups is 1. The zero-order valence-electron chi connectivity index (χ0n) is 12.1. The quantitative estimate of drug-likeness (QED) is 0.316. The Kier molecular flexibility index (Phi) is 7.69. The summed E-state index contributed by atoms with van der Waals surface area (Å²) < 4.78 is 10.8. The summed E-state index contributed by atoms with van der Waals surface area (Å²) in [4.78, 5) is 0. The van der Waals surface area contributed by atoms with Crippen LogP contribution < -0.4 is 4.74 Å². The van der Waals surface area contributed by atoms with E-state index in [9.17, 15) is 5.11 Å². The van der Waals surface area contributed by atoms with Crippen LogP contribution in [0.25, 0.3) is 0 Å². The van der Waals surface area contributed by atoms with Crippen molar-refractivity contribution in [3.8, 4) is 5.75 Å². The molecule has 0 amide bonds. The minimum absolute atomic E-state index is 0.193. The van der Waals surface area contributed by atoms with Crippen LogP contribution in [-0.2, 0) is 4.74 Å². The van der Waals surface area contributed by atoms with Crippen LogP contribution in [0.15, 0.2) is 29.4 Å². The Morgan fingerprint density at radius 1 is 1.25 bits per heavy atom. The zero-order valence-corrected chi connectivity index (χ0v) is 12.1. The van der Waals surface area contributed by atoms with Gasteiger partial charge in [0.05, 0.1) is 12.3 Å². The van der Waals surface area contributed by atoms with E-state index in [4.69, 9.17) is 14.7 Å². The van der Waals surface area contributed by atoms with Crippen LogP contribution in [0, 0.1) is 0 Å². The fourth-order valence-electron chi connectivity index (χ4n) is 1.56. The third-order valence-corrected chi connectivity index (χ3v) is 2.82. The fourth-order valence-corrected chi connectivity index (χ4v) is 1.56. The molecule has 0 radical (unpaired) electrons. The molecular formula is C15H23NO4. The van der Waals surface area contributed by atoms with E-state index in [0.717, 1.165) is 18.4 Å². The molecule has 1 unspecified atom stereocenters. The maximum absolute atomic E-state index is 9.69. The second-order valence-corrected chi connectivity index (χ2v) is 4.60. The number of aliphatic hydroxyl groups excluding tert-OH is 1. The van der Waals surface area contributed by atoms with Gasteiger partial charge in [-0.3, -0.25) is 0 Å². The molecule has 2 N–H and O–H groups in total. The molecule has 1 atom stereocenters. The van der Waals surface area contributed by atoms with Gasteiger partial charge in [0.15, 0.2) is 0 Å². The van der Waals surface area contributed by atoms with Gasteiger partial charge in [0.2, 0.25) is 0 Å². The molecule has 0 aromatic heterocycles. The number of ether oxygens (including phenoxy) is 2. The average molecular weight is 281 g/mol. The summed E-state index contributed by atoms with van der Waals surface area (Å²) in [6.45, 7) is 4.96. The molecule has 5 heteroatoms. The first-order valence-corrected chi connectivity index (χ1v) is 6.85. The summed E-state index contributed by atoms with van der Waals surface area (Å²) >= 11 is 0. The van der Waals surface area contributed by atoms with Crippen molar-refractivity contribution in [1.29, 1.82) is 0 Å². The molecule has 0 aliphatic carbocycles. The van der Waals surface area contributed by atoms with Crippen LogP contribution in [0.2, 0.25) is 0 Å². The molecule has 0 heterocycles. The van der Waals surface area contributed by atoms with Gasteiger partial charge in [-0.15, -0.1) is 0 Å². The molecule has 1 rings (SSSR count). The molecule has 5 nitrogen and oxygen atoms in total. The normalized spacial score (nSPS) is 13.2. The van der Waals surface area contributed by atoms with E-state index >= 15 is 0 Å². The standard InChI is InChI=1S/C15H23NO4/c1-3-4-9-19-10-14(17)11-20-15-7-5-13(6-8-15)12(2)16-18/h5-8,14,17-18H,3-4,9-11H2,1-2H3/b16-12+. The second kappa shape index (κ2) is 9.34. The summed E-state index contributed by atoms with van der Waals surface area (Å²) in [7, 11) is 0. The van der Waals surface area contributed by atoms with Crippen molar-refractivity contribution in [3.05, 3.63) is 29.8 Å². The smallest absolute Gasteiger partial charge is 0.119 e. The Morgan fingerprint density at radius 3 is 2.55 bits per heavy atom. The van der Waals surface area contributed by atoms with E-state index < -0.39 is 6.10 Å². The van der Waals surface area contributed by atoms with Crippen LogP contribution in [0.1, 0.15) is 32.3 Å². The number of hydrogen-bond donors (Lipinski definition) is 2. The van der Waals surface area contributed by atoms with Gasteiger partial charge < -0.3 is 19.8 Å². The SMILES string of the molecule is CCCCOCC(O)COc1ccc(/C(C)=N/O)cc1. The highest BCUT2D eigenvalue weighted by atomic mass is 16.5. The van der Waals surface area contributed by atoms with Gasteiger partial charge in [-0.1, -0.05) is 18.5 Å². The topological polar surface area (TPSA) is 71.3 Å². The summed E-state index contributed by atoms with van der Waals surface area (Å²) in [5, 5.41) is 21.5. The molecule has 0 aliphatic rings. The molecule has 1 aromatic carbocycles. The van der Waals surface area contributed by atoms with Gasteiger partial charge in [0.1, 0.15) is 18.5 Å². The summed E-state index contributed by atoms with van der Waals surface area (Å²) in [5.74, 6) is 0.659. The van der Waals surface area contributed by atoms with E-state index in [0.29, 0.717) is 18.1 Å². The largest absolute Gasteiger partial charge is 0.491 e. The first kappa shape index (κ1) is 16.5. The number of hydrogen-bond acceptors (Lipinski definition) is 5. The maximum Gasteiger partial charge on any atom is 0.119 e. The highest BCUT2D eigenvalue weighted by molar-refractivity contribution is 5.98. The number of benzene rings is 1. The second-order valence-electron chi connectivity index (χ2n) is 4.60. The Hall–Kier alpha value is -1.59. The van der Waals surface area contributed by atoms with E-state index in [1.165, 1.54) is 0 Å². The lowest BCUT2D eigenvalue weighted by Crippen LogP contribution is -2.23. The summed E-state index contributed by atoms with van der Waals surface area (Å²) in [6.07, 6.45) is 1.45. The summed E-state index contributed by atoms with van der Waals surface area (Å²) in [5.41, 5.74) is 1.37. The van der Waals surface area contributed by atoms with Gasteiger partial charge in [0, 0.05) is 6.61 Å². The van der Waals surface area contributed by atoms with Crippen LogP contribution in [0.3, 0.4) is 0 Å². The van der Waals surface area contributed by atoms with E-state index in [-0.39, 0.29) is 13.2 Å². The average Bonchev–Trinajstić information content (AvgIpc) is 2.49. The molecule has 0 saturated heterocycles. The van der Waals surface area contributed by atoms with Crippen molar-refractivity contribution in [2.45, 2.75) is 32.8 Å². The lowest BCUT2D eigenvalue weighted by atomic mass is 10.1. The molecule has 0 bridgehead atoms. The Labute approximate surface area is 119 Å². The highest BCUT2D eigenvalue weighted by Crippen LogP contribution is 2.13. The van der Waals surface area contributed by atoms with E-state index in [1.807, 2.05) is 0 Å². The molecular weight excluding hydrogens is 258 g/mol. The molecule has 0 spiro atoms. The van der Waals surface area contributed by atoms with Crippen molar-refractivity contribution in [3.63, 3.8) is 0 Å². The fraction of sp³-hybridized carbons (Fsp3) is 0.533. The van der Waals surface area contributed by atoms with Crippen LogP contribution in [-0.4, -0.2) is 42.0 Å². The minimum atomic E-state index is -0.632. The van der Waals surface area contributed by atoms with Gasteiger partial charge in [-0.05, 0) is 43.2 Å². The van der Waals surface area contributed by atoms with Gasteiger partial charge >= 0.3 is 0 Å². The lowest BCUT2D eigenvalue weighted by molar-refractivity contribution is 0.0113. The third-order valence-electron chi connectivity index (χ3n) is 2.82. The maximum atomic E-state index is 9.69. The van der Waals surface area contributed by atoms with Crippen molar-refractivity contribution < 1.29 is 19.8 Å². The molecule has 20 heavy (non-hydrogen) atoms. The molecule has 0 aliphatic heterocycles. The van der Waals surface area contributed by atoms with Gasteiger partial charge in [-0.25, -0.2) is 0 Å². The highest BCUT2D eigenvalue weighted by Gasteiger charge is 2.06. The van der Waals surface area contributed by atoms with Crippen molar-refractivity contribution in [2.75, 3.05) is 19.8 Å². The van der Waals surface area contributed by atoms with Crippen molar-refractivity contribution in [2.24, 2.45) is 5.16 Å². The number of nitrogens with zero attached hydrogens (tertiary/aromatic N) is 1. The van der Waals surface area contributed by atoms with Crippen molar-refractivity contribution >= 4 is 5.71 Å². The third kappa shape index (κ3) is 6.04. The van der Waals surface area contributed by atoms with Gasteiger partial charge in [-0.2, -0.15) is 0 Å². The number of unbranched alkanes of at least 4 members (excludes halogenated alkanes) is 1. The van der Waals surface area contributed by atoms with Crippen LogP contribution in [0.4, 0.5) is 0 Å². The molecule has 0 saturated carbocycles. The Balaban J connectivity index is 2.31. The van der Waals surface area contributed by atoms with Gasteiger partial charge in [0.25, 0.3) is 0 Å². The van der Waals surface area contributed by atoms with Crippen LogP contribution >= 0.6 is 0 Å². The Bertz CT molecular complexity index is 403. The monoisotopic (exact) mass is 281 g/mol. The minimum Gasteiger partial charge on any atom is -0.491 e. The summed E-state index contributed by atoms with van der Waals surface area (Å²) in [6, 6.07) is 7.15. The predicted octanol–water partition coefficient (Wildman–Crippen LogP) is 2.44. The first-order chi connectivity index (χ1) is 9.67. The molecule has 1 aromatic rings. The Morgan fingerprint density at radius 2 is 1.95 bits per heavy atom. The molecule has 0 fully saturated rings. The zero-order chi connectivity index (χ0) is 14.8. The van der Waals surface area contributed by atoms with Crippen LogP contribution in [0.5, 0.6) is 5.75 Å². The number of oxime groups is 1.